The van der Waals surface area contributed by atoms with Crippen molar-refractivity contribution in [3.8, 4) is 0 Å². The maximum absolute atomic E-state index is 12.5. The molecule has 0 amide bonds. The van der Waals surface area contributed by atoms with Gasteiger partial charge in [0.25, 0.3) is 6.43 Å². The van der Waals surface area contributed by atoms with Crippen LogP contribution in [0.5, 0.6) is 0 Å². The van der Waals surface area contributed by atoms with Crippen LogP contribution in [-0.4, -0.2) is 16.1 Å². The van der Waals surface area contributed by atoms with Gasteiger partial charge in [0.05, 0.1) is 12.1 Å². The van der Waals surface area contributed by atoms with Crippen molar-refractivity contribution in [1.82, 2.24) is 4.98 Å². The number of pyridine rings is 1. The molecule has 1 aromatic rings. The number of nitrogens with two attached hydrogens (primary N) is 1. The van der Waals surface area contributed by atoms with Gasteiger partial charge in [-0.3, -0.25) is 4.79 Å². The molecule has 16 heavy (non-hydrogen) atoms. The van der Waals surface area contributed by atoms with E-state index in [-0.39, 0.29) is 27.9 Å². The molecule has 0 fully saturated rings. The third kappa shape index (κ3) is 3.08. The molecule has 4 nitrogen and oxygen atoms in total. The highest BCUT2D eigenvalue weighted by atomic mass is 127. The van der Waals surface area contributed by atoms with Gasteiger partial charge in [0.1, 0.15) is 3.70 Å². The monoisotopic (exact) mass is 342 g/mol. The Balaban J connectivity index is 3.20. The van der Waals surface area contributed by atoms with Crippen LogP contribution >= 0.6 is 22.6 Å². The summed E-state index contributed by atoms with van der Waals surface area (Å²) in [5.74, 6) is -1.07. The average molecular weight is 342 g/mol. The Morgan fingerprint density at radius 2 is 2.25 bits per heavy atom. The molecule has 3 N–H and O–H groups in total. The lowest BCUT2D eigenvalue weighted by Crippen LogP contribution is -2.12. The number of aromatic nitrogens is 1. The van der Waals surface area contributed by atoms with E-state index in [0.29, 0.717) is 5.56 Å². The highest BCUT2D eigenvalue weighted by molar-refractivity contribution is 14.1. The number of carbonyl (C=O) groups is 1. The van der Waals surface area contributed by atoms with Gasteiger partial charge in [-0.15, -0.1) is 0 Å². The number of carboxylic acids is 1. The summed E-state index contributed by atoms with van der Waals surface area (Å²) in [7, 11) is 0. The van der Waals surface area contributed by atoms with Crippen molar-refractivity contribution in [1.29, 1.82) is 0 Å². The molecule has 0 aliphatic carbocycles. The van der Waals surface area contributed by atoms with E-state index in [1.807, 2.05) is 0 Å². The molecule has 0 atom stereocenters. The van der Waals surface area contributed by atoms with Crippen molar-refractivity contribution in [2.75, 3.05) is 0 Å². The van der Waals surface area contributed by atoms with Gasteiger partial charge in [-0.25, -0.2) is 13.8 Å². The molecule has 1 aromatic heterocycles. The average Bonchev–Trinajstić information content (AvgIpc) is 2.16. The molecule has 0 radical (unpaired) electrons. The molecule has 0 bridgehead atoms. The van der Waals surface area contributed by atoms with Gasteiger partial charge in [0.15, 0.2) is 0 Å². The van der Waals surface area contributed by atoms with Gasteiger partial charge in [-0.1, -0.05) is 0 Å². The molecule has 0 spiro atoms. The van der Waals surface area contributed by atoms with E-state index in [1.54, 1.807) is 22.6 Å². The second-order valence-corrected chi connectivity index (χ2v) is 4.07. The second-order valence-electron chi connectivity index (χ2n) is 3.05. The molecule has 7 heteroatoms. The minimum absolute atomic E-state index is 0.00769. The normalized spacial score (nSPS) is 10.8. The first-order chi connectivity index (χ1) is 7.45. The number of alkyl halides is 2. The van der Waals surface area contributed by atoms with Crippen LogP contribution in [0.25, 0.3) is 0 Å². The Hall–Kier alpha value is -0.830. The van der Waals surface area contributed by atoms with Crippen LogP contribution in [0.15, 0.2) is 6.07 Å². The van der Waals surface area contributed by atoms with Crippen molar-refractivity contribution in [2.24, 2.45) is 5.73 Å². The molecule has 0 saturated heterocycles. The number of hydrogen-bond acceptors (Lipinski definition) is 3. The van der Waals surface area contributed by atoms with E-state index in [0.717, 1.165) is 0 Å². The largest absolute Gasteiger partial charge is 0.481 e. The topological polar surface area (TPSA) is 76.2 Å². The summed E-state index contributed by atoms with van der Waals surface area (Å²) in [6, 6.07) is 1.22. The summed E-state index contributed by atoms with van der Waals surface area (Å²) >= 11 is 1.66. The molecule has 0 unspecified atom stereocenters. The van der Waals surface area contributed by atoms with E-state index >= 15 is 0 Å². The Labute approximate surface area is 104 Å². The van der Waals surface area contributed by atoms with Crippen molar-refractivity contribution in [2.45, 2.75) is 19.4 Å². The summed E-state index contributed by atoms with van der Waals surface area (Å²) < 4.78 is 25.2. The van der Waals surface area contributed by atoms with Gasteiger partial charge in [-0.2, -0.15) is 0 Å². The van der Waals surface area contributed by atoms with Crippen molar-refractivity contribution in [3.05, 3.63) is 26.6 Å². The Morgan fingerprint density at radius 1 is 1.62 bits per heavy atom. The molecule has 0 aliphatic rings. The third-order valence-electron chi connectivity index (χ3n) is 1.95. The minimum Gasteiger partial charge on any atom is -0.481 e. The Bertz CT molecular complexity index is 413. The molecule has 88 valence electrons. The van der Waals surface area contributed by atoms with Crippen LogP contribution < -0.4 is 5.73 Å². The van der Waals surface area contributed by atoms with E-state index < -0.39 is 12.4 Å². The predicted molar refractivity (Wildman–Crippen MR) is 61.1 cm³/mol. The number of halogens is 3. The number of hydrogen-bond donors (Lipinski definition) is 2. The molecular formula is C9H9F2IN2O2. The number of aliphatic carboxylic acids is 1. The fourth-order valence-electron chi connectivity index (χ4n) is 1.21. The highest BCUT2D eigenvalue weighted by Crippen LogP contribution is 2.25. The third-order valence-corrected chi connectivity index (χ3v) is 2.81. The lowest BCUT2D eigenvalue weighted by molar-refractivity contribution is -0.136. The molecule has 0 saturated carbocycles. The first kappa shape index (κ1) is 13.2. The second kappa shape index (κ2) is 5.48. The zero-order valence-electron chi connectivity index (χ0n) is 8.08. The van der Waals surface area contributed by atoms with Gasteiger partial charge >= 0.3 is 5.97 Å². The Kier molecular flexibility index (Phi) is 4.54. The fraction of sp³-hybridized carbons (Fsp3) is 0.333. The first-order valence-corrected chi connectivity index (χ1v) is 5.41. The zero-order chi connectivity index (χ0) is 12.3. The van der Waals surface area contributed by atoms with E-state index in [2.05, 4.69) is 4.98 Å². The lowest BCUT2D eigenvalue weighted by atomic mass is 10.1. The minimum atomic E-state index is -2.64. The lowest BCUT2D eigenvalue weighted by Gasteiger charge is -2.09. The van der Waals surface area contributed by atoms with Crippen LogP contribution in [0, 0.1) is 3.70 Å². The number of nitrogens with zero attached hydrogens (tertiary/aromatic N) is 1. The SMILES string of the molecule is NCc1cc(C(F)F)c(I)nc1CC(=O)O. The van der Waals surface area contributed by atoms with Gasteiger partial charge < -0.3 is 10.8 Å². The first-order valence-electron chi connectivity index (χ1n) is 4.34. The standard InChI is InChI=1S/C9H9F2IN2O2/c10-8(11)5-1-4(3-13)6(2-7(15)16)14-9(5)12/h1,8H,2-3,13H2,(H,15,16). The molecular weight excluding hydrogens is 333 g/mol. The number of carboxylic acid groups (broad SMARTS) is 1. The summed E-state index contributed by atoms with van der Waals surface area (Å²) in [6.45, 7) is -0.00769. The van der Waals surface area contributed by atoms with Crippen LogP contribution in [0.3, 0.4) is 0 Å². The van der Waals surface area contributed by atoms with Crippen molar-refractivity contribution < 1.29 is 18.7 Å². The molecule has 0 aromatic carbocycles. The zero-order valence-corrected chi connectivity index (χ0v) is 10.2. The molecule has 1 rings (SSSR count). The van der Waals surface area contributed by atoms with Crippen LogP contribution in [0.1, 0.15) is 23.2 Å². The van der Waals surface area contributed by atoms with E-state index in [9.17, 15) is 13.6 Å². The maximum atomic E-state index is 12.5. The summed E-state index contributed by atoms with van der Waals surface area (Å²) in [5, 5.41) is 8.62. The quantitative estimate of drug-likeness (QED) is 0.645. The van der Waals surface area contributed by atoms with Crippen LogP contribution in [0.4, 0.5) is 8.78 Å². The Morgan fingerprint density at radius 3 is 2.69 bits per heavy atom. The van der Waals surface area contributed by atoms with Gasteiger partial charge in [0, 0.05) is 12.1 Å². The number of rotatable bonds is 4. The van der Waals surface area contributed by atoms with Gasteiger partial charge in [-0.05, 0) is 34.2 Å². The molecule has 1 heterocycles. The van der Waals surface area contributed by atoms with E-state index in [4.69, 9.17) is 10.8 Å². The maximum Gasteiger partial charge on any atom is 0.309 e. The summed E-state index contributed by atoms with van der Waals surface area (Å²) in [5.41, 5.74) is 5.74. The van der Waals surface area contributed by atoms with Crippen LogP contribution in [-0.2, 0) is 17.8 Å². The van der Waals surface area contributed by atoms with Gasteiger partial charge in [0.2, 0.25) is 0 Å². The summed E-state index contributed by atoms with van der Waals surface area (Å²) in [6.07, 6.45) is -2.95. The molecule has 0 aliphatic heterocycles. The predicted octanol–water partition coefficient (Wildman–Crippen LogP) is 1.71. The smallest absolute Gasteiger partial charge is 0.309 e. The van der Waals surface area contributed by atoms with Crippen molar-refractivity contribution in [3.63, 3.8) is 0 Å². The van der Waals surface area contributed by atoms with Crippen molar-refractivity contribution >= 4 is 28.6 Å². The van der Waals surface area contributed by atoms with E-state index in [1.165, 1.54) is 6.07 Å². The fourth-order valence-corrected chi connectivity index (χ4v) is 1.89. The van der Waals surface area contributed by atoms with Crippen LogP contribution in [0.2, 0.25) is 0 Å². The highest BCUT2D eigenvalue weighted by Gasteiger charge is 2.17. The summed E-state index contributed by atoms with van der Waals surface area (Å²) in [4.78, 5) is 14.4.